The van der Waals surface area contributed by atoms with Crippen molar-refractivity contribution in [2.45, 2.75) is 6.92 Å². The molecule has 0 saturated carbocycles. The van der Waals surface area contributed by atoms with Crippen molar-refractivity contribution in [1.29, 1.82) is 0 Å². The minimum atomic E-state index is -0.515. The van der Waals surface area contributed by atoms with E-state index in [0.717, 1.165) is 4.70 Å². The van der Waals surface area contributed by atoms with Gasteiger partial charge in [0.2, 0.25) is 5.91 Å². The highest BCUT2D eigenvalue weighted by Crippen LogP contribution is 2.36. The Balaban J connectivity index is 2.01. The quantitative estimate of drug-likeness (QED) is 0.259. The predicted molar refractivity (Wildman–Crippen MR) is 101 cm³/mol. The number of nitrogens with two attached hydrogens (primary N) is 3. The molecule has 9 heteroatoms. The highest BCUT2D eigenvalue weighted by Gasteiger charge is 2.13. The van der Waals surface area contributed by atoms with Gasteiger partial charge in [-0.3, -0.25) is 10.6 Å². The first-order valence-electron chi connectivity index (χ1n) is 7.52. The summed E-state index contributed by atoms with van der Waals surface area (Å²) >= 11 is 1.42. The highest BCUT2D eigenvalue weighted by atomic mass is 32.1. The number of ether oxygens (including phenoxy) is 1. The molecule has 8 N–H and O–H groups in total. The van der Waals surface area contributed by atoms with Crippen LogP contribution in [0.5, 0.6) is 5.75 Å². The topological polar surface area (TPSA) is 141 Å². The SMILES string of the molecule is CCOc1ccc(C(N)=O)cc1Nc1nc2c(N)c(NN)ccc2s1. The Kier molecular flexibility index (Phi) is 4.59. The summed E-state index contributed by atoms with van der Waals surface area (Å²) in [6.07, 6.45) is 0. The molecule has 8 nitrogen and oxygen atoms in total. The molecule has 1 aromatic heterocycles. The fraction of sp³-hybridized carbons (Fsp3) is 0.125. The van der Waals surface area contributed by atoms with Gasteiger partial charge in [0, 0.05) is 5.56 Å². The van der Waals surface area contributed by atoms with Crippen molar-refractivity contribution >= 4 is 49.7 Å². The number of thiazole rings is 1. The minimum Gasteiger partial charge on any atom is -0.492 e. The van der Waals surface area contributed by atoms with Gasteiger partial charge in [-0.2, -0.15) is 0 Å². The first-order valence-corrected chi connectivity index (χ1v) is 8.34. The van der Waals surface area contributed by atoms with E-state index in [4.69, 9.17) is 22.0 Å². The maximum Gasteiger partial charge on any atom is 0.248 e. The van der Waals surface area contributed by atoms with Gasteiger partial charge in [-0.1, -0.05) is 11.3 Å². The molecule has 25 heavy (non-hydrogen) atoms. The van der Waals surface area contributed by atoms with Crippen molar-refractivity contribution in [2.75, 3.05) is 23.1 Å². The molecule has 0 atom stereocenters. The number of hydrogen-bond acceptors (Lipinski definition) is 8. The number of nitrogens with zero attached hydrogens (tertiary/aromatic N) is 1. The molecular formula is C16H18N6O2S. The maximum absolute atomic E-state index is 11.4. The average molecular weight is 358 g/mol. The lowest BCUT2D eigenvalue weighted by Crippen LogP contribution is -2.11. The summed E-state index contributed by atoms with van der Waals surface area (Å²) < 4.78 is 6.49. The molecule has 0 radical (unpaired) electrons. The third kappa shape index (κ3) is 3.28. The zero-order chi connectivity index (χ0) is 18.0. The van der Waals surface area contributed by atoms with Gasteiger partial charge in [0.15, 0.2) is 5.13 Å². The molecule has 0 fully saturated rings. The van der Waals surface area contributed by atoms with Gasteiger partial charge in [0.25, 0.3) is 0 Å². The summed E-state index contributed by atoms with van der Waals surface area (Å²) in [7, 11) is 0. The Labute approximate surface area is 147 Å². The minimum absolute atomic E-state index is 0.376. The van der Waals surface area contributed by atoms with Crippen LogP contribution in [0.25, 0.3) is 10.2 Å². The fourth-order valence-corrected chi connectivity index (χ4v) is 3.27. The number of nitrogen functional groups attached to an aromatic ring is 2. The van der Waals surface area contributed by atoms with Gasteiger partial charge in [-0.15, -0.1) is 0 Å². The average Bonchev–Trinajstić information content (AvgIpc) is 3.00. The molecule has 0 bridgehead atoms. The van der Waals surface area contributed by atoms with Crippen molar-refractivity contribution < 1.29 is 9.53 Å². The first kappa shape index (κ1) is 16.8. The number of fused-ring (bicyclic) bond motifs is 1. The highest BCUT2D eigenvalue weighted by molar-refractivity contribution is 7.22. The van der Waals surface area contributed by atoms with Crippen molar-refractivity contribution in [1.82, 2.24) is 4.98 Å². The van der Waals surface area contributed by atoms with E-state index in [2.05, 4.69) is 15.7 Å². The molecule has 1 heterocycles. The van der Waals surface area contributed by atoms with Crippen LogP contribution in [0.1, 0.15) is 17.3 Å². The van der Waals surface area contributed by atoms with Crippen molar-refractivity contribution in [3.05, 3.63) is 35.9 Å². The predicted octanol–water partition coefficient (Wildman–Crippen LogP) is 2.41. The molecule has 3 aromatic rings. The van der Waals surface area contributed by atoms with Gasteiger partial charge in [-0.25, -0.2) is 4.98 Å². The number of hydrogen-bond donors (Lipinski definition) is 5. The van der Waals surface area contributed by atoms with Crippen LogP contribution >= 0.6 is 11.3 Å². The molecule has 2 aromatic carbocycles. The zero-order valence-corrected chi connectivity index (χ0v) is 14.3. The zero-order valence-electron chi connectivity index (χ0n) is 13.5. The summed E-state index contributed by atoms with van der Waals surface area (Å²) in [5.41, 5.74) is 16.7. The number of primary amides is 1. The van der Waals surface area contributed by atoms with E-state index in [1.54, 1.807) is 24.3 Å². The molecule has 0 unspecified atom stereocenters. The van der Waals surface area contributed by atoms with Crippen LogP contribution in [0.3, 0.4) is 0 Å². The lowest BCUT2D eigenvalue weighted by atomic mass is 10.2. The van der Waals surface area contributed by atoms with Crippen LogP contribution in [0.15, 0.2) is 30.3 Å². The van der Waals surface area contributed by atoms with Crippen LogP contribution in [0, 0.1) is 0 Å². The maximum atomic E-state index is 11.4. The Hall–Kier alpha value is -3.04. The number of benzene rings is 2. The summed E-state index contributed by atoms with van der Waals surface area (Å²) in [5.74, 6) is 5.53. The standard InChI is InChI=1S/C16H18N6O2S/c1-2-24-11-5-3-8(15(18)23)7-10(11)20-16-21-14-12(25-16)6-4-9(22-19)13(14)17/h3-7,22H,2,17,19H2,1H3,(H2,18,23)(H,20,21). The number of carbonyl (C=O) groups is 1. The number of hydrazine groups is 1. The van der Waals surface area contributed by atoms with E-state index in [-0.39, 0.29) is 0 Å². The lowest BCUT2D eigenvalue weighted by Gasteiger charge is -2.11. The Bertz CT molecular complexity index is 940. The van der Waals surface area contributed by atoms with Crippen molar-refractivity contribution in [2.24, 2.45) is 11.6 Å². The monoisotopic (exact) mass is 358 g/mol. The molecule has 0 saturated heterocycles. The molecular weight excluding hydrogens is 340 g/mol. The van der Waals surface area contributed by atoms with Gasteiger partial charge >= 0.3 is 0 Å². The van der Waals surface area contributed by atoms with Gasteiger partial charge in [0.05, 0.1) is 28.4 Å². The van der Waals surface area contributed by atoms with Crippen LogP contribution < -0.4 is 32.8 Å². The van der Waals surface area contributed by atoms with Crippen LogP contribution in [0.4, 0.5) is 22.2 Å². The number of aromatic nitrogens is 1. The Morgan fingerprint density at radius 2 is 2.08 bits per heavy atom. The summed E-state index contributed by atoms with van der Waals surface area (Å²) in [4.78, 5) is 15.9. The molecule has 0 aliphatic heterocycles. The van der Waals surface area contributed by atoms with E-state index in [0.29, 0.717) is 45.6 Å². The molecule has 0 aliphatic rings. The normalized spacial score (nSPS) is 10.6. The molecule has 0 spiro atoms. The number of anilines is 4. The van der Waals surface area contributed by atoms with E-state index >= 15 is 0 Å². The molecule has 1 amide bonds. The second-order valence-electron chi connectivity index (χ2n) is 5.17. The number of amides is 1. The lowest BCUT2D eigenvalue weighted by molar-refractivity contribution is 0.100. The Morgan fingerprint density at radius 1 is 1.28 bits per heavy atom. The fourth-order valence-electron chi connectivity index (χ4n) is 2.37. The molecule has 130 valence electrons. The van der Waals surface area contributed by atoms with E-state index in [9.17, 15) is 4.79 Å². The summed E-state index contributed by atoms with van der Waals surface area (Å²) in [5, 5.41) is 3.78. The van der Waals surface area contributed by atoms with Gasteiger partial charge in [0.1, 0.15) is 11.3 Å². The largest absolute Gasteiger partial charge is 0.492 e. The van der Waals surface area contributed by atoms with Crippen molar-refractivity contribution in [3.8, 4) is 5.75 Å². The third-order valence-corrected chi connectivity index (χ3v) is 4.50. The van der Waals surface area contributed by atoms with Gasteiger partial charge < -0.3 is 26.9 Å². The van der Waals surface area contributed by atoms with E-state index in [1.165, 1.54) is 11.3 Å². The summed E-state index contributed by atoms with van der Waals surface area (Å²) in [6, 6.07) is 8.62. The summed E-state index contributed by atoms with van der Waals surface area (Å²) in [6.45, 7) is 2.37. The third-order valence-electron chi connectivity index (χ3n) is 3.56. The first-order chi connectivity index (χ1) is 12.0. The van der Waals surface area contributed by atoms with Crippen LogP contribution in [0.2, 0.25) is 0 Å². The number of nitrogens with one attached hydrogen (secondary N) is 2. The molecule has 0 aliphatic carbocycles. The molecule has 3 rings (SSSR count). The second kappa shape index (κ2) is 6.83. The van der Waals surface area contributed by atoms with Crippen molar-refractivity contribution in [3.63, 3.8) is 0 Å². The van der Waals surface area contributed by atoms with E-state index < -0.39 is 5.91 Å². The van der Waals surface area contributed by atoms with Crippen LogP contribution in [-0.2, 0) is 0 Å². The second-order valence-corrected chi connectivity index (χ2v) is 6.20. The van der Waals surface area contributed by atoms with E-state index in [1.807, 2.05) is 13.0 Å². The Morgan fingerprint density at radius 3 is 2.76 bits per heavy atom. The smallest absolute Gasteiger partial charge is 0.248 e. The number of carbonyl (C=O) groups excluding carboxylic acids is 1. The van der Waals surface area contributed by atoms with Gasteiger partial charge in [-0.05, 0) is 37.3 Å². The number of rotatable bonds is 6. The van der Waals surface area contributed by atoms with Crippen LogP contribution in [-0.4, -0.2) is 17.5 Å².